The van der Waals surface area contributed by atoms with Crippen molar-refractivity contribution in [2.75, 3.05) is 0 Å². The van der Waals surface area contributed by atoms with E-state index in [9.17, 15) is 0 Å². The first-order valence-electron chi connectivity index (χ1n) is 5.34. The molecule has 0 amide bonds. The van der Waals surface area contributed by atoms with E-state index in [2.05, 4.69) is 20.5 Å². The van der Waals surface area contributed by atoms with Crippen LogP contribution in [0.5, 0.6) is 0 Å². The van der Waals surface area contributed by atoms with Crippen molar-refractivity contribution in [3.8, 4) is 0 Å². The minimum absolute atomic E-state index is 0.497. The van der Waals surface area contributed by atoms with Crippen molar-refractivity contribution in [3.05, 3.63) is 29.0 Å². The van der Waals surface area contributed by atoms with Gasteiger partial charge in [0.25, 0.3) is 0 Å². The van der Waals surface area contributed by atoms with E-state index in [4.69, 9.17) is 11.6 Å². The molecule has 2 aromatic rings. The lowest BCUT2D eigenvalue weighted by Crippen LogP contribution is -1.99. The van der Waals surface area contributed by atoms with Gasteiger partial charge in [0.05, 0.1) is 6.04 Å². The summed E-state index contributed by atoms with van der Waals surface area (Å²) in [5.74, 6) is 0.736. The molecule has 0 spiro atoms. The summed E-state index contributed by atoms with van der Waals surface area (Å²) < 4.78 is 1.90. The lowest BCUT2D eigenvalue weighted by atomic mass is 10.3. The van der Waals surface area contributed by atoms with Crippen LogP contribution in [-0.2, 0) is 5.75 Å². The van der Waals surface area contributed by atoms with Gasteiger partial charge in [0.2, 0.25) is 5.16 Å². The monoisotopic (exact) mass is 267 g/mol. The quantitative estimate of drug-likeness (QED) is 0.629. The number of pyridine rings is 1. The third kappa shape index (κ3) is 2.42. The van der Waals surface area contributed by atoms with Gasteiger partial charge in [-0.3, -0.25) is 0 Å². The molecule has 2 heterocycles. The van der Waals surface area contributed by atoms with E-state index in [0.29, 0.717) is 11.2 Å². The third-order valence-electron chi connectivity index (χ3n) is 2.55. The number of tetrazole rings is 1. The normalized spacial score (nSPS) is 15.1. The van der Waals surface area contributed by atoms with E-state index in [0.717, 1.165) is 16.5 Å². The molecule has 88 valence electrons. The van der Waals surface area contributed by atoms with Crippen molar-refractivity contribution in [1.29, 1.82) is 0 Å². The average Bonchev–Trinajstić information content (AvgIpc) is 3.08. The Morgan fingerprint density at radius 3 is 3.12 bits per heavy atom. The lowest BCUT2D eigenvalue weighted by Gasteiger charge is -2.03. The lowest BCUT2D eigenvalue weighted by molar-refractivity contribution is 0.565. The Bertz CT molecular complexity index is 525. The van der Waals surface area contributed by atoms with Crippen molar-refractivity contribution in [2.45, 2.75) is 29.8 Å². The van der Waals surface area contributed by atoms with Gasteiger partial charge in [-0.25, -0.2) is 9.67 Å². The van der Waals surface area contributed by atoms with Crippen LogP contribution in [0.3, 0.4) is 0 Å². The van der Waals surface area contributed by atoms with E-state index < -0.39 is 0 Å². The van der Waals surface area contributed by atoms with Crippen LogP contribution in [0.1, 0.15) is 24.4 Å². The van der Waals surface area contributed by atoms with Crippen LogP contribution in [0.2, 0.25) is 5.15 Å². The molecule has 0 bridgehead atoms. The topological polar surface area (TPSA) is 56.5 Å². The highest BCUT2D eigenvalue weighted by atomic mass is 35.5. The maximum Gasteiger partial charge on any atom is 0.209 e. The van der Waals surface area contributed by atoms with Gasteiger partial charge in [0, 0.05) is 11.9 Å². The first kappa shape index (κ1) is 11.0. The number of hydrogen-bond acceptors (Lipinski definition) is 5. The van der Waals surface area contributed by atoms with E-state index in [-0.39, 0.29) is 0 Å². The van der Waals surface area contributed by atoms with Crippen LogP contribution in [0.4, 0.5) is 0 Å². The van der Waals surface area contributed by atoms with Gasteiger partial charge in [-0.1, -0.05) is 29.4 Å². The molecule has 5 nitrogen and oxygen atoms in total. The third-order valence-corrected chi connectivity index (χ3v) is 3.87. The minimum Gasteiger partial charge on any atom is -0.244 e. The molecular weight excluding hydrogens is 258 g/mol. The Labute approximate surface area is 108 Å². The summed E-state index contributed by atoms with van der Waals surface area (Å²) in [5.41, 5.74) is 1.00. The number of thioether (sulfide) groups is 1. The molecule has 1 aliphatic rings. The molecule has 0 atom stereocenters. The number of hydrogen-bond donors (Lipinski definition) is 0. The molecule has 1 saturated carbocycles. The largest absolute Gasteiger partial charge is 0.244 e. The van der Waals surface area contributed by atoms with Gasteiger partial charge in [0.15, 0.2) is 0 Å². The van der Waals surface area contributed by atoms with Gasteiger partial charge in [0.1, 0.15) is 5.15 Å². The second kappa shape index (κ2) is 4.62. The molecule has 3 rings (SSSR count). The second-order valence-corrected chi connectivity index (χ2v) is 5.18. The Balaban J connectivity index is 1.71. The fourth-order valence-electron chi connectivity index (χ4n) is 1.50. The Kier molecular flexibility index (Phi) is 2.98. The Hall–Kier alpha value is -1.14. The standard InChI is InChI=1S/C10H10ClN5S/c11-9-7(2-1-5-12-9)6-17-10-13-14-15-16(10)8-3-4-8/h1-2,5,8H,3-4,6H2. The van der Waals surface area contributed by atoms with Crippen LogP contribution < -0.4 is 0 Å². The molecule has 0 aliphatic heterocycles. The highest BCUT2D eigenvalue weighted by Gasteiger charge is 2.27. The van der Waals surface area contributed by atoms with Crippen molar-refractivity contribution in [1.82, 2.24) is 25.2 Å². The summed E-state index contributed by atoms with van der Waals surface area (Å²) >= 11 is 7.59. The van der Waals surface area contributed by atoms with Crippen molar-refractivity contribution >= 4 is 23.4 Å². The summed E-state index contributed by atoms with van der Waals surface area (Å²) in [6.07, 6.45) is 4.03. The SMILES string of the molecule is Clc1ncccc1CSc1nnnn1C1CC1. The summed E-state index contributed by atoms with van der Waals surface area (Å²) in [4.78, 5) is 4.04. The molecule has 1 aliphatic carbocycles. The predicted molar refractivity (Wildman–Crippen MR) is 64.9 cm³/mol. The molecule has 0 N–H and O–H groups in total. The summed E-state index contributed by atoms with van der Waals surface area (Å²) in [5, 5.41) is 13.1. The van der Waals surface area contributed by atoms with Gasteiger partial charge in [-0.15, -0.1) is 5.10 Å². The van der Waals surface area contributed by atoms with E-state index in [1.165, 1.54) is 12.8 Å². The predicted octanol–water partition coefficient (Wildman–Crippen LogP) is 2.35. The molecular formula is C10H10ClN5S. The minimum atomic E-state index is 0.497. The number of nitrogens with zero attached hydrogens (tertiary/aromatic N) is 5. The van der Waals surface area contributed by atoms with Crippen LogP contribution in [0, 0.1) is 0 Å². The first-order valence-corrected chi connectivity index (χ1v) is 6.71. The zero-order valence-corrected chi connectivity index (χ0v) is 10.5. The Morgan fingerprint density at radius 1 is 1.47 bits per heavy atom. The van der Waals surface area contributed by atoms with Crippen LogP contribution in [0.15, 0.2) is 23.5 Å². The molecule has 0 aromatic carbocycles. The highest BCUT2D eigenvalue weighted by molar-refractivity contribution is 7.98. The summed E-state index contributed by atoms with van der Waals surface area (Å²) in [6, 6.07) is 4.34. The maximum atomic E-state index is 6.00. The van der Waals surface area contributed by atoms with Gasteiger partial charge in [-0.2, -0.15) is 0 Å². The molecule has 7 heteroatoms. The zero-order valence-electron chi connectivity index (χ0n) is 8.95. The molecule has 0 saturated heterocycles. The van der Waals surface area contributed by atoms with Crippen LogP contribution in [0.25, 0.3) is 0 Å². The molecule has 17 heavy (non-hydrogen) atoms. The fraction of sp³-hybridized carbons (Fsp3) is 0.400. The second-order valence-electron chi connectivity index (χ2n) is 3.88. The van der Waals surface area contributed by atoms with Crippen LogP contribution >= 0.6 is 23.4 Å². The van der Waals surface area contributed by atoms with E-state index in [1.54, 1.807) is 18.0 Å². The van der Waals surface area contributed by atoms with E-state index in [1.807, 2.05) is 16.8 Å². The summed E-state index contributed by atoms with van der Waals surface area (Å²) in [7, 11) is 0. The number of aromatic nitrogens is 5. The van der Waals surface area contributed by atoms with Gasteiger partial charge in [-0.05, 0) is 34.9 Å². The smallest absolute Gasteiger partial charge is 0.209 e. The number of halogens is 1. The molecule has 0 unspecified atom stereocenters. The van der Waals surface area contributed by atoms with Gasteiger partial charge >= 0.3 is 0 Å². The molecule has 0 radical (unpaired) electrons. The fourth-order valence-corrected chi connectivity index (χ4v) is 2.69. The van der Waals surface area contributed by atoms with Crippen molar-refractivity contribution in [3.63, 3.8) is 0 Å². The highest BCUT2D eigenvalue weighted by Crippen LogP contribution is 2.37. The van der Waals surface area contributed by atoms with E-state index >= 15 is 0 Å². The van der Waals surface area contributed by atoms with Crippen LogP contribution in [-0.4, -0.2) is 25.2 Å². The van der Waals surface area contributed by atoms with Crippen molar-refractivity contribution in [2.24, 2.45) is 0 Å². The Morgan fingerprint density at radius 2 is 2.35 bits per heavy atom. The van der Waals surface area contributed by atoms with Crippen molar-refractivity contribution < 1.29 is 0 Å². The molecule has 2 aromatic heterocycles. The molecule has 1 fully saturated rings. The first-order chi connectivity index (χ1) is 8.34. The average molecular weight is 268 g/mol. The number of rotatable bonds is 4. The zero-order chi connectivity index (χ0) is 11.7. The summed E-state index contributed by atoms with van der Waals surface area (Å²) in [6.45, 7) is 0. The van der Waals surface area contributed by atoms with Gasteiger partial charge < -0.3 is 0 Å². The maximum absolute atomic E-state index is 6.00.